The second-order valence-electron chi connectivity index (χ2n) is 9.69. The van der Waals surface area contributed by atoms with Crippen molar-refractivity contribution in [3.63, 3.8) is 0 Å². The van der Waals surface area contributed by atoms with Crippen LogP contribution in [0, 0.1) is 17.7 Å². The van der Waals surface area contributed by atoms with Crippen molar-refractivity contribution in [2.75, 3.05) is 26.7 Å². The first-order valence-electron chi connectivity index (χ1n) is 11.3. The van der Waals surface area contributed by atoms with Crippen LogP contribution >= 0.6 is 0 Å². The van der Waals surface area contributed by atoms with Crippen molar-refractivity contribution in [1.82, 2.24) is 9.88 Å². The molecule has 1 aromatic heterocycles. The van der Waals surface area contributed by atoms with Crippen LogP contribution in [-0.2, 0) is 18.3 Å². The summed E-state index contributed by atoms with van der Waals surface area (Å²) in [6.07, 6.45) is 5.97. The largest absolute Gasteiger partial charge is 0.497 e. The summed E-state index contributed by atoms with van der Waals surface area (Å²) in [5, 5.41) is 1.07. The van der Waals surface area contributed by atoms with E-state index in [1.165, 1.54) is 42.6 Å². The summed E-state index contributed by atoms with van der Waals surface area (Å²) in [4.78, 5) is 6.34. The number of likely N-dealkylation sites (tertiary alicyclic amines) is 1. The fraction of sp³-hybridized carbons (Fsp3) is 0.462. The van der Waals surface area contributed by atoms with Gasteiger partial charge in [-0.15, -0.1) is 0 Å². The molecule has 1 saturated heterocycles. The zero-order chi connectivity index (χ0) is 20.3. The maximum Gasteiger partial charge on any atom is 0.123 e. The lowest BCUT2D eigenvalue weighted by molar-refractivity contribution is 0.0783. The Morgan fingerprint density at radius 3 is 2.93 bits per heavy atom. The van der Waals surface area contributed by atoms with Gasteiger partial charge in [0.1, 0.15) is 11.6 Å². The highest BCUT2D eigenvalue weighted by molar-refractivity contribution is 5.85. The molecule has 2 aromatic carbocycles. The maximum atomic E-state index is 14.0. The predicted octanol–water partition coefficient (Wildman–Crippen LogP) is 5.08. The number of ether oxygens (including phenoxy) is 1. The summed E-state index contributed by atoms with van der Waals surface area (Å²) in [7, 11) is 1.75. The fourth-order valence-electron chi connectivity index (χ4n) is 6.10. The van der Waals surface area contributed by atoms with E-state index in [0.29, 0.717) is 5.92 Å². The molecule has 156 valence electrons. The van der Waals surface area contributed by atoms with Crippen LogP contribution in [0.3, 0.4) is 0 Å². The third-order valence-corrected chi connectivity index (χ3v) is 7.89. The number of aromatic nitrogens is 1. The molecule has 2 heterocycles. The van der Waals surface area contributed by atoms with Crippen LogP contribution in [0.5, 0.6) is 5.75 Å². The van der Waals surface area contributed by atoms with E-state index < -0.39 is 0 Å². The van der Waals surface area contributed by atoms with Crippen molar-refractivity contribution < 1.29 is 9.13 Å². The van der Waals surface area contributed by atoms with E-state index in [1.807, 2.05) is 12.1 Å². The molecule has 0 radical (unpaired) electrons. The van der Waals surface area contributed by atoms with Gasteiger partial charge in [-0.3, -0.25) is 0 Å². The molecule has 0 bridgehead atoms. The van der Waals surface area contributed by atoms with E-state index in [1.54, 1.807) is 19.2 Å². The Morgan fingerprint density at radius 2 is 2.10 bits per heavy atom. The molecule has 3 aromatic rings. The average Bonchev–Trinajstić information content (AvgIpc) is 3.52. The lowest BCUT2D eigenvalue weighted by Gasteiger charge is -2.51. The Labute approximate surface area is 177 Å². The highest BCUT2D eigenvalue weighted by Crippen LogP contribution is 2.50. The van der Waals surface area contributed by atoms with Gasteiger partial charge in [-0.1, -0.05) is 12.1 Å². The molecule has 3 nitrogen and oxygen atoms in total. The smallest absolute Gasteiger partial charge is 0.123 e. The highest BCUT2D eigenvalue weighted by atomic mass is 19.1. The van der Waals surface area contributed by atoms with E-state index in [9.17, 15) is 4.39 Å². The van der Waals surface area contributed by atoms with Crippen molar-refractivity contribution >= 4 is 10.9 Å². The molecular weight excluding hydrogens is 375 g/mol. The van der Waals surface area contributed by atoms with E-state index in [2.05, 4.69) is 28.1 Å². The first-order chi connectivity index (χ1) is 14.6. The Kier molecular flexibility index (Phi) is 4.21. The number of piperidine rings is 1. The number of nitrogens with one attached hydrogen (secondary N) is 1. The number of halogens is 1. The summed E-state index contributed by atoms with van der Waals surface area (Å²) < 4.78 is 19.6. The summed E-state index contributed by atoms with van der Waals surface area (Å²) in [6, 6.07) is 13.9. The topological polar surface area (TPSA) is 28.3 Å². The van der Waals surface area contributed by atoms with Crippen molar-refractivity contribution in [3.8, 4) is 5.75 Å². The molecule has 0 spiro atoms. The van der Waals surface area contributed by atoms with E-state index in [0.717, 1.165) is 48.5 Å². The number of H-pyrrole nitrogens is 1. The van der Waals surface area contributed by atoms with E-state index in [4.69, 9.17) is 4.74 Å². The summed E-state index contributed by atoms with van der Waals surface area (Å²) in [6.45, 7) is 3.55. The zero-order valence-electron chi connectivity index (χ0n) is 17.6. The quantitative estimate of drug-likeness (QED) is 0.657. The lowest BCUT2D eigenvalue weighted by Crippen LogP contribution is -2.54. The van der Waals surface area contributed by atoms with E-state index in [-0.39, 0.29) is 11.2 Å². The van der Waals surface area contributed by atoms with Gasteiger partial charge >= 0.3 is 0 Å². The molecule has 30 heavy (non-hydrogen) atoms. The minimum Gasteiger partial charge on any atom is -0.497 e. The molecule has 1 saturated carbocycles. The Bertz CT molecular complexity index is 1100. The molecular formula is C26H29FN2O. The molecule has 1 N–H and O–H groups in total. The van der Waals surface area contributed by atoms with Gasteiger partial charge in [0, 0.05) is 35.1 Å². The summed E-state index contributed by atoms with van der Waals surface area (Å²) in [5.74, 6) is 2.24. The minimum atomic E-state index is -0.145. The Balaban J connectivity index is 1.44. The normalized spacial score (nSPS) is 26.4. The van der Waals surface area contributed by atoms with Crippen LogP contribution in [-0.4, -0.2) is 36.6 Å². The summed E-state index contributed by atoms with van der Waals surface area (Å²) >= 11 is 0. The molecule has 3 aliphatic rings. The Hall–Kier alpha value is -2.33. The van der Waals surface area contributed by atoms with Crippen molar-refractivity contribution in [3.05, 3.63) is 65.1 Å². The van der Waals surface area contributed by atoms with Crippen LogP contribution in [0.1, 0.15) is 36.1 Å². The first kappa shape index (κ1) is 18.4. The van der Waals surface area contributed by atoms with Crippen LogP contribution in [0.4, 0.5) is 4.39 Å². The SMILES string of the molecule is COc1cccc([C@]23CCN(CC4CC4)CC2Cc2c([nH]c4ccc(F)cc24)C3)c1. The van der Waals surface area contributed by atoms with Gasteiger partial charge in [-0.05, 0) is 91.9 Å². The number of benzene rings is 2. The average molecular weight is 405 g/mol. The van der Waals surface area contributed by atoms with Crippen LogP contribution < -0.4 is 4.74 Å². The Morgan fingerprint density at radius 1 is 1.20 bits per heavy atom. The standard InChI is InChI=1S/C26H29FN2O/c1-30-21-4-2-3-18(11-21)26-9-10-29(15-17-5-6-17)16-19(26)12-22-23-13-20(27)7-8-24(23)28-25(22)14-26/h2-4,7-8,11,13,17,19,28H,5-6,9-10,12,14-16H2,1H3/t19?,26-/m1/s1. The minimum absolute atomic E-state index is 0.112. The predicted molar refractivity (Wildman–Crippen MR) is 118 cm³/mol. The number of fused-ring (bicyclic) bond motifs is 4. The number of rotatable bonds is 4. The third kappa shape index (κ3) is 2.96. The van der Waals surface area contributed by atoms with E-state index >= 15 is 0 Å². The molecule has 2 aliphatic carbocycles. The molecule has 2 fully saturated rings. The second kappa shape index (κ2) is 6.84. The van der Waals surface area contributed by atoms with Gasteiger partial charge < -0.3 is 14.6 Å². The molecule has 2 atom stereocenters. The zero-order valence-corrected chi connectivity index (χ0v) is 17.6. The number of hydrogen-bond donors (Lipinski definition) is 1. The van der Waals surface area contributed by atoms with Crippen LogP contribution in [0.25, 0.3) is 10.9 Å². The summed E-state index contributed by atoms with van der Waals surface area (Å²) in [5.41, 5.74) is 5.21. The highest BCUT2D eigenvalue weighted by Gasteiger charge is 2.48. The van der Waals surface area contributed by atoms with Gasteiger partial charge in [0.15, 0.2) is 0 Å². The number of hydrogen-bond acceptors (Lipinski definition) is 2. The lowest BCUT2D eigenvalue weighted by atomic mass is 9.58. The number of aromatic amines is 1. The van der Waals surface area contributed by atoms with Crippen molar-refractivity contribution in [2.24, 2.45) is 11.8 Å². The first-order valence-corrected chi connectivity index (χ1v) is 11.3. The molecule has 0 amide bonds. The maximum absolute atomic E-state index is 14.0. The number of nitrogens with zero attached hydrogens (tertiary/aromatic N) is 1. The van der Waals surface area contributed by atoms with Gasteiger partial charge in [0.25, 0.3) is 0 Å². The van der Waals surface area contributed by atoms with Gasteiger partial charge in [-0.25, -0.2) is 4.39 Å². The van der Waals surface area contributed by atoms with Crippen molar-refractivity contribution in [1.29, 1.82) is 0 Å². The van der Waals surface area contributed by atoms with Crippen LogP contribution in [0.15, 0.2) is 42.5 Å². The fourth-order valence-corrected chi connectivity index (χ4v) is 6.10. The van der Waals surface area contributed by atoms with Gasteiger partial charge in [0.2, 0.25) is 0 Å². The molecule has 1 unspecified atom stereocenters. The molecule has 4 heteroatoms. The third-order valence-electron chi connectivity index (χ3n) is 7.89. The van der Waals surface area contributed by atoms with Crippen LogP contribution in [0.2, 0.25) is 0 Å². The van der Waals surface area contributed by atoms with Gasteiger partial charge in [0.05, 0.1) is 7.11 Å². The van der Waals surface area contributed by atoms with Gasteiger partial charge in [-0.2, -0.15) is 0 Å². The van der Waals surface area contributed by atoms with Crippen molar-refractivity contribution in [2.45, 2.75) is 37.5 Å². The molecule has 1 aliphatic heterocycles. The number of methoxy groups -OCH3 is 1. The second-order valence-corrected chi connectivity index (χ2v) is 9.69. The molecule has 6 rings (SSSR count). The monoisotopic (exact) mass is 404 g/mol.